The molecule has 1 saturated carbocycles. The molecule has 2 atom stereocenters. The van der Waals surface area contributed by atoms with E-state index in [4.69, 9.17) is 0 Å². The number of nitrogens with one attached hydrogen (secondary N) is 1. The van der Waals surface area contributed by atoms with Crippen LogP contribution in [0.4, 0.5) is 0 Å². The van der Waals surface area contributed by atoms with Crippen molar-refractivity contribution in [3.8, 4) is 6.07 Å². The van der Waals surface area contributed by atoms with Gasteiger partial charge in [0.05, 0.1) is 6.07 Å². The highest BCUT2D eigenvalue weighted by Gasteiger charge is 2.41. The predicted octanol–water partition coefficient (Wildman–Crippen LogP) is 2.23. The van der Waals surface area contributed by atoms with E-state index in [1.165, 1.54) is 12.8 Å². The SMILES string of the molecule is C=CCNC1(C#N)CCCC1CC. The highest BCUT2D eigenvalue weighted by molar-refractivity contribution is 5.14. The number of rotatable bonds is 4. The first-order valence-electron chi connectivity index (χ1n) is 5.06. The molecule has 72 valence electrons. The van der Waals surface area contributed by atoms with E-state index in [-0.39, 0.29) is 5.54 Å². The minimum atomic E-state index is -0.261. The fourth-order valence-corrected chi connectivity index (χ4v) is 2.30. The van der Waals surface area contributed by atoms with Crippen LogP contribution < -0.4 is 5.32 Å². The molecule has 0 amide bonds. The van der Waals surface area contributed by atoms with Gasteiger partial charge in [-0.25, -0.2) is 0 Å². The van der Waals surface area contributed by atoms with Crippen LogP contribution in [-0.4, -0.2) is 12.1 Å². The lowest BCUT2D eigenvalue weighted by molar-refractivity contribution is 0.320. The quantitative estimate of drug-likeness (QED) is 0.670. The van der Waals surface area contributed by atoms with Gasteiger partial charge in [-0.05, 0) is 18.8 Å². The Labute approximate surface area is 80.6 Å². The van der Waals surface area contributed by atoms with Gasteiger partial charge in [0, 0.05) is 6.54 Å². The Morgan fingerprint density at radius 1 is 1.77 bits per heavy atom. The largest absolute Gasteiger partial charge is 0.296 e. The normalized spacial score (nSPS) is 32.8. The summed E-state index contributed by atoms with van der Waals surface area (Å²) in [6.45, 7) is 6.57. The Kier molecular flexibility index (Phi) is 3.50. The molecule has 0 spiro atoms. The highest BCUT2D eigenvalue weighted by atomic mass is 15.0. The molecule has 2 unspecified atom stereocenters. The van der Waals surface area contributed by atoms with Gasteiger partial charge >= 0.3 is 0 Å². The summed E-state index contributed by atoms with van der Waals surface area (Å²) < 4.78 is 0. The molecule has 2 nitrogen and oxygen atoms in total. The van der Waals surface area contributed by atoms with Gasteiger partial charge in [-0.2, -0.15) is 5.26 Å². The molecule has 0 aromatic carbocycles. The van der Waals surface area contributed by atoms with Crippen LogP contribution in [0.15, 0.2) is 12.7 Å². The minimum Gasteiger partial charge on any atom is -0.296 e. The smallest absolute Gasteiger partial charge is 0.109 e. The Hall–Kier alpha value is -0.810. The predicted molar refractivity (Wildman–Crippen MR) is 54.2 cm³/mol. The number of hydrogen-bond donors (Lipinski definition) is 1. The van der Waals surface area contributed by atoms with E-state index in [0.29, 0.717) is 5.92 Å². The zero-order valence-electron chi connectivity index (χ0n) is 8.34. The first-order chi connectivity index (χ1) is 6.29. The molecule has 2 heteroatoms. The monoisotopic (exact) mass is 178 g/mol. The average Bonchev–Trinajstić information content (AvgIpc) is 2.58. The van der Waals surface area contributed by atoms with Crippen molar-refractivity contribution in [1.29, 1.82) is 5.26 Å². The molecular formula is C11H18N2. The third kappa shape index (κ3) is 1.92. The lowest BCUT2D eigenvalue weighted by Gasteiger charge is -2.28. The molecule has 0 bridgehead atoms. The molecule has 0 aliphatic heterocycles. The topological polar surface area (TPSA) is 35.8 Å². The van der Waals surface area contributed by atoms with Crippen molar-refractivity contribution in [2.75, 3.05) is 6.54 Å². The van der Waals surface area contributed by atoms with Gasteiger partial charge < -0.3 is 0 Å². The van der Waals surface area contributed by atoms with Crippen molar-refractivity contribution in [2.24, 2.45) is 5.92 Å². The molecule has 0 heterocycles. The van der Waals surface area contributed by atoms with E-state index in [0.717, 1.165) is 19.4 Å². The molecule has 1 fully saturated rings. The summed E-state index contributed by atoms with van der Waals surface area (Å²) in [7, 11) is 0. The van der Waals surface area contributed by atoms with Crippen LogP contribution in [-0.2, 0) is 0 Å². The zero-order chi connectivity index (χ0) is 9.73. The van der Waals surface area contributed by atoms with E-state index in [1.54, 1.807) is 0 Å². The first-order valence-corrected chi connectivity index (χ1v) is 5.06. The van der Waals surface area contributed by atoms with Crippen LogP contribution in [0.25, 0.3) is 0 Å². The Morgan fingerprint density at radius 3 is 3.08 bits per heavy atom. The maximum absolute atomic E-state index is 9.20. The van der Waals surface area contributed by atoms with Crippen LogP contribution in [0.5, 0.6) is 0 Å². The van der Waals surface area contributed by atoms with Crippen LogP contribution >= 0.6 is 0 Å². The summed E-state index contributed by atoms with van der Waals surface area (Å²) in [6.07, 6.45) is 6.28. The summed E-state index contributed by atoms with van der Waals surface area (Å²) in [5.74, 6) is 0.525. The molecule has 1 aliphatic rings. The van der Waals surface area contributed by atoms with Crippen molar-refractivity contribution >= 4 is 0 Å². The van der Waals surface area contributed by atoms with Crippen molar-refractivity contribution in [2.45, 2.75) is 38.1 Å². The molecule has 0 aromatic rings. The van der Waals surface area contributed by atoms with Crippen molar-refractivity contribution in [3.63, 3.8) is 0 Å². The Balaban J connectivity index is 2.67. The fourth-order valence-electron chi connectivity index (χ4n) is 2.30. The number of nitriles is 1. The molecule has 0 saturated heterocycles. The summed E-state index contributed by atoms with van der Waals surface area (Å²) in [5, 5.41) is 12.5. The molecule has 1 aliphatic carbocycles. The molecule has 0 aromatic heterocycles. The van der Waals surface area contributed by atoms with Crippen LogP contribution in [0, 0.1) is 17.2 Å². The summed E-state index contributed by atoms with van der Waals surface area (Å²) in [4.78, 5) is 0. The van der Waals surface area contributed by atoms with Gasteiger partial charge in [-0.15, -0.1) is 6.58 Å². The summed E-state index contributed by atoms with van der Waals surface area (Å²) in [5.41, 5.74) is -0.261. The first kappa shape index (κ1) is 10.3. The maximum Gasteiger partial charge on any atom is 0.109 e. The highest BCUT2D eigenvalue weighted by Crippen LogP contribution is 2.37. The third-order valence-electron chi connectivity index (χ3n) is 3.07. The van der Waals surface area contributed by atoms with Gasteiger partial charge in [0.25, 0.3) is 0 Å². The van der Waals surface area contributed by atoms with E-state index >= 15 is 0 Å². The molecule has 13 heavy (non-hydrogen) atoms. The third-order valence-corrected chi connectivity index (χ3v) is 3.07. The standard InChI is InChI=1S/C11H18N2/c1-3-8-13-11(9-12)7-5-6-10(11)4-2/h3,10,13H,1,4-8H2,2H3. The molecule has 0 radical (unpaired) electrons. The van der Waals surface area contributed by atoms with Gasteiger partial charge in [-0.3, -0.25) is 5.32 Å². The van der Waals surface area contributed by atoms with E-state index in [2.05, 4.69) is 24.9 Å². The van der Waals surface area contributed by atoms with Crippen molar-refractivity contribution in [1.82, 2.24) is 5.32 Å². The van der Waals surface area contributed by atoms with Gasteiger partial charge in [0.2, 0.25) is 0 Å². The van der Waals surface area contributed by atoms with Gasteiger partial charge in [-0.1, -0.05) is 25.8 Å². The van der Waals surface area contributed by atoms with E-state index in [1.807, 2.05) is 6.08 Å². The second-order valence-corrected chi connectivity index (χ2v) is 3.75. The lowest BCUT2D eigenvalue weighted by Crippen LogP contribution is -2.46. The minimum absolute atomic E-state index is 0.261. The van der Waals surface area contributed by atoms with Crippen LogP contribution in [0.1, 0.15) is 32.6 Å². The van der Waals surface area contributed by atoms with Crippen molar-refractivity contribution < 1.29 is 0 Å². The maximum atomic E-state index is 9.20. The fraction of sp³-hybridized carbons (Fsp3) is 0.727. The van der Waals surface area contributed by atoms with Crippen LogP contribution in [0.2, 0.25) is 0 Å². The zero-order valence-corrected chi connectivity index (χ0v) is 8.34. The van der Waals surface area contributed by atoms with Gasteiger partial charge in [0.1, 0.15) is 5.54 Å². The van der Waals surface area contributed by atoms with Gasteiger partial charge in [0.15, 0.2) is 0 Å². The molecular weight excluding hydrogens is 160 g/mol. The lowest BCUT2D eigenvalue weighted by atomic mass is 9.86. The van der Waals surface area contributed by atoms with Crippen molar-refractivity contribution in [3.05, 3.63) is 12.7 Å². The second-order valence-electron chi connectivity index (χ2n) is 3.75. The second kappa shape index (κ2) is 4.43. The number of nitrogens with zero attached hydrogens (tertiary/aromatic N) is 1. The van der Waals surface area contributed by atoms with E-state index in [9.17, 15) is 5.26 Å². The van der Waals surface area contributed by atoms with Crippen LogP contribution in [0.3, 0.4) is 0 Å². The summed E-state index contributed by atoms with van der Waals surface area (Å²) in [6, 6.07) is 2.45. The number of hydrogen-bond acceptors (Lipinski definition) is 2. The van der Waals surface area contributed by atoms with E-state index < -0.39 is 0 Å². The Morgan fingerprint density at radius 2 is 2.54 bits per heavy atom. The molecule has 1 N–H and O–H groups in total. The summed E-state index contributed by atoms with van der Waals surface area (Å²) >= 11 is 0. The Bertz CT molecular complexity index is 217. The molecule has 1 rings (SSSR count). The average molecular weight is 178 g/mol.